The van der Waals surface area contributed by atoms with E-state index in [0.717, 1.165) is 32.1 Å². The van der Waals surface area contributed by atoms with Gasteiger partial charge in [-0.1, -0.05) is 26.0 Å². The van der Waals surface area contributed by atoms with Gasteiger partial charge in [-0.15, -0.1) is 24.8 Å². The summed E-state index contributed by atoms with van der Waals surface area (Å²) in [4.78, 5) is 18.8. The molecule has 0 N–H and O–H groups in total. The van der Waals surface area contributed by atoms with Crippen molar-refractivity contribution in [2.24, 2.45) is 11.8 Å². The molecule has 0 amide bonds. The first-order chi connectivity index (χ1) is 13.5. The molecule has 0 aliphatic carbocycles. The van der Waals surface area contributed by atoms with E-state index in [-0.39, 0.29) is 24.8 Å². The van der Waals surface area contributed by atoms with Crippen LogP contribution in [0.25, 0.3) is 0 Å². The van der Waals surface area contributed by atoms with Gasteiger partial charge in [-0.2, -0.15) is 0 Å². The molecule has 1 aromatic carbocycles. The maximum atomic E-state index is 11.3. The van der Waals surface area contributed by atoms with Crippen LogP contribution in [0.2, 0.25) is 0 Å². The quantitative estimate of drug-likeness (QED) is 0.572. The van der Waals surface area contributed by atoms with Gasteiger partial charge in [-0.3, -0.25) is 14.6 Å². The summed E-state index contributed by atoms with van der Waals surface area (Å²) in [5, 5.41) is 0. The van der Waals surface area contributed by atoms with Crippen LogP contribution in [0, 0.1) is 11.8 Å². The van der Waals surface area contributed by atoms with Gasteiger partial charge in [0.15, 0.2) is 0 Å². The van der Waals surface area contributed by atoms with E-state index in [2.05, 4.69) is 52.8 Å². The second kappa shape index (κ2) is 13.6. The number of piperidine rings is 1. The molecule has 0 saturated carbocycles. The van der Waals surface area contributed by atoms with Crippen LogP contribution in [-0.4, -0.2) is 67.9 Å². The largest absolute Gasteiger partial charge is 0.369 e. The van der Waals surface area contributed by atoms with Crippen molar-refractivity contribution in [3.05, 3.63) is 29.8 Å². The van der Waals surface area contributed by atoms with Crippen molar-refractivity contribution in [1.29, 1.82) is 0 Å². The molecule has 2 fully saturated rings. The average molecular weight is 459 g/mol. The van der Waals surface area contributed by atoms with E-state index in [1.54, 1.807) is 6.92 Å². The van der Waals surface area contributed by atoms with Crippen molar-refractivity contribution in [1.82, 2.24) is 9.80 Å². The zero-order valence-electron chi connectivity index (χ0n) is 19.0. The summed E-state index contributed by atoms with van der Waals surface area (Å²) >= 11 is 0. The van der Waals surface area contributed by atoms with Crippen LogP contribution < -0.4 is 4.90 Å². The van der Waals surface area contributed by atoms with Crippen LogP contribution in [0.1, 0.15) is 45.6 Å². The molecule has 0 spiro atoms. The predicted molar refractivity (Wildman–Crippen MR) is 133 cm³/mol. The molecule has 0 aromatic heterocycles. The number of hydrogen-bond donors (Lipinski definition) is 0. The Hall–Kier alpha value is -0.810. The minimum atomic E-state index is 0. The molecule has 4 nitrogen and oxygen atoms in total. The number of rotatable bonds is 8. The summed E-state index contributed by atoms with van der Waals surface area (Å²) in [5.41, 5.74) is 2.86. The van der Waals surface area contributed by atoms with Gasteiger partial charge in [0.25, 0.3) is 0 Å². The summed E-state index contributed by atoms with van der Waals surface area (Å²) in [6, 6.07) is 9.15. The number of carbonyl (C=O) groups is 1. The highest BCUT2D eigenvalue weighted by molar-refractivity contribution is 5.85. The zero-order valence-corrected chi connectivity index (χ0v) is 20.6. The number of hydrogen-bond acceptors (Lipinski definition) is 4. The van der Waals surface area contributed by atoms with Crippen molar-refractivity contribution in [2.75, 3.05) is 57.3 Å². The first-order valence-electron chi connectivity index (χ1n) is 11.3. The van der Waals surface area contributed by atoms with Crippen LogP contribution in [0.3, 0.4) is 0 Å². The molecule has 0 bridgehead atoms. The van der Waals surface area contributed by atoms with E-state index in [9.17, 15) is 4.79 Å². The Labute approximate surface area is 196 Å². The maximum Gasteiger partial charge on any atom is 0.143 e. The number of benzene rings is 1. The summed E-state index contributed by atoms with van der Waals surface area (Å²) in [6.07, 6.45) is 5.00. The average Bonchev–Trinajstić information content (AvgIpc) is 2.67. The SMILES string of the molecule is CC(=O)CN1CCC(CCN2CCN(c3cccc(CC(C)C)c3)CC2)CC1.Cl.Cl. The smallest absolute Gasteiger partial charge is 0.143 e. The van der Waals surface area contributed by atoms with Gasteiger partial charge in [0.05, 0.1) is 6.54 Å². The fourth-order valence-corrected chi connectivity index (χ4v) is 4.69. The third-order valence-electron chi connectivity index (χ3n) is 6.30. The second-order valence-corrected chi connectivity index (χ2v) is 9.31. The molecule has 30 heavy (non-hydrogen) atoms. The lowest BCUT2D eigenvalue weighted by atomic mass is 9.93. The second-order valence-electron chi connectivity index (χ2n) is 9.31. The summed E-state index contributed by atoms with van der Waals surface area (Å²) in [7, 11) is 0. The van der Waals surface area contributed by atoms with Gasteiger partial charge in [-0.25, -0.2) is 0 Å². The molecule has 2 heterocycles. The molecule has 0 atom stereocenters. The highest BCUT2D eigenvalue weighted by Gasteiger charge is 2.22. The zero-order chi connectivity index (χ0) is 19.9. The fraction of sp³-hybridized carbons (Fsp3) is 0.708. The molecule has 2 aliphatic rings. The standard InChI is InChI=1S/C24H39N3O.2ClH/c1-20(2)17-23-5-4-6-24(18-23)27-15-13-25(14-16-27)10-7-22-8-11-26(12-9-22)19-21(3)28;;/h4-6,18,20,22H,7-17,19H2,1-3H3;2*1H. The lowest BCUT2D eigenvalue weighted by Gasteiger charge is -2.37. The Morgan fingerprint density at radius 3 is 2.27 bits per heavy atom. The first-order valence-corrected chi connectivity index (χ1v) is 11.3. The van der Waals surface area contributed by atoms with Crippen molar-refractivity contribution >= 4 is 36.3 Å². The summed E-state index contributed by atoms with van der Waals surface area (Å²) in [5.74, 6) is 1.85. The number of Topliss-reactive ketones (excluding diaryl/α,β-unsaturated/α-hetero) is 1. The molecule has 2 aliphatic heterocycles. The molecule has 0 unspecified atom stereocenters. The molecule has 6 heteroatoms. The number of ketones is 1. The van der Waals surface area contributed by atoms with Gasteiger partial charge < -0.3 is 4.90 Å². The number of nitrogens with zero attached hydrogens (tertiary/aromatic N) is 3. The highest BCUT2D eigenvalue weighted by Crippen LogP contribution is 2.23. The van der Waals surface area contributed by atoms with Gasteiger partial charge in [0.1, 0.15) is 5.78 Å². The molecule has 0 radical (unpaired) electrons. The number of piperazine rings is 1. The number of carbonyl (C=O) groups excluding carboxylic acids is 1. The fourth-order valence-electron chi connectivity index (χ4n) is 4.69. The monoisotopic (exact) mass is 457 g/mol. The molecule has 3 rings (SSSR count). The Kier molecular flexibility index (Phi) is 12.3. The Balaban J connectivity index is 0.00000225. The van der Waals surface area contributed by atoms with Crippen molar-refractivity contribution in [3.8, 4) is 0 Å². The molecule has 172 valence electrons. The lowest BCUT2D eigenvalue weighted by molar-refractivity contribution is -0.118. The maximum absolute atomic E-state index is 11.3. The molecule has 1 aromatic rings. The predicted octanol–water partition coefficient (Wildman–Crippen LogP) is 4.54. The van der Waals surface area contributed by atoms with E-state index >= 15 is 0 Å². The van der Waals surface area contributed by atoms with E-state index in [0.29, 0.717) is 18.2 Å². The summed E-state index contributed by atoms with van der Waals surface area (Å²) in [6.45, 7) is 15.0. The van der Waals surface area contributed by atoms with E-state index in [4.69, 9.17) is 0 Å². The van der Waals surface area contributed by atoms with Crippen molar-refractivity contribution in [3.63, 3.8) is 0 Å². The van der Waals surface area contributed by atoms with Crippen molar-refractivity contribution in [2.45, 2.75) is 46.5 Å². The molecular formula is C24H41Cl2N3O. The van der Waals surface area contributed by atoms with Crippen LogP contribution in [-0.2, 0) is 11.2 Å². The lowest BCUT2D eigenvalue weighted by Crippen LogP contribution is -2.47. The van der Waals surface area contributed by atoms with E-state index in [1.807, 2.05) is 0 Å². The van der Waals surface area contributed by atoms with Crippen LogP contribution >= 0.6 is 24.8 Å². The molecular weight excluding hydrogens is 417 g/mol. The number of halogens is 2. The number of anilines is 1. The van der Waals surface area contributed by atoms with E-state index < -0.39 is 0 Å². The third-order valence-corrected chi connectivity index (χ3v) is 6.30. The highest BCUT2D eigenvalue weighted by atomic mass is 35.5. The molecule has 2 saturated heterocycles. The minimum absolute atomic E-state index is 0. The third kappa shape index (κ3) is 8.74. The minimum Gasteiger partial charge on any atom is -0.369 e. The van der Waals surface area contributed by atoms with Crippen molar-refractivity contribution < 1.29 is 4.79 Å². The number of likely N-dealkylation sites (tertiary alicyclic amines) is 1. The van der Waals surface area contributed by atoms with Crippen LogP contribution in [0.5, 0.6) is 0 Å². The first kappa shape index (κ1) is 27.2. The van der Waals surface area contributed by atoms with Gasteiger partial charge in [0.2, 0.25) is 0 Å². The van der Waals surface area contributed by atoms with Gasteiger partial charge in [0, 0.05) is 31.9 Å². The summed E-state index contributed by atoms with van der Waals surface area (Å²) < 4.78 is 0. The topological polar surface area (TPSA) is 26.8 Å². The van der Waals surface area contributed by atoms with E-state index in [1.165, 1.54) is 56.6 Å². The van der Waals surface area contributed by atoms with Crippen LogP contribution in [0.15, 0.2) is 24.3 Å². The Morgan fingerprint density at radius 1 is 1.00 bits per heavy atom. The van der Waals surface area contributed by atoms with Crippen LogP contribution in [0.4, 0.5) is 5.69 Å². The Morgan fingerprint density at radius 2 is 1.67 bits per heavy atom. The normalized spacial score (nSPS) is 18.7. The van der Waals surface area contributed by atoms with Gasteiger partial charge >= 0.3 is 0 Å². The Bertz CT molecular complexity index is 625. The van der Waals surface area contributed by atoms with Gasteiger partial charge in [-0.05, 0) is 81.8 Å².